The van der Waals surface area contributed by atoms with E-state index >= 15 is 0 Å². The number of aliphatic hydroxyl groups excluding tert-OH is 2. The van der Waals surface area contributed by atoms with Crippen LogP contribution in [0.25, 0.3) is 0 Å². The average molecular weight is 950 g/mol. The van der Waals surface area contributed by atoms with Crippen molar-refractivity contribution in [3.8, 4) is 0 Å². The molecule has 4 rings (SSSR count). The van der Waals surface area contributed by atoms with Gasteiger partial charge in [-0.3, -0.25) is 9.59 Å². The zero-order valence-electron chi connectivity index (χ0n) is 43.0. The molecule has 0 saturated carbocycles. The Labute approximate surface area is 401 Å². The summed E-state index contributed by atoms with van der Waals surface area (Å²) in [6.45, 7) is 18.5. The van der Waals surface area contributed by atoms with E-state index in [1.165, 1.54) is 26.9 Å². The molecule has 384 valence electrons. The molecule has 3 fully saturated rings. The van der Waals surface area contributed by atoms with E-state index in [1.807, 2.05) is 46.0 Å². The van der Waals surface area contributed by atoms with Gasteiger partial charge >= 0.3 is 11.9 Å². The van der Waals surface area contributed by atoms with E-state index in [4.69, 9.17) is 37.9 Å². The summed E-state index contributed by atoms with van der Waals surface area (Å²) in [7, 11) is 9.07. The number of nitrogens with zero attached hydrogens (tertiary/aromatic N) is 3. The Morgan fingerprint density at radius 1 is 1.03 bits per heavy atom. The lowest BCUT2D eigenvalue weighted by Gasteiger charge is -2.48. The molecule has 2 N–H and O–H groups in total. The monoisotopic (exact) mass is 950 g/mol. The first-order valence-corrected chi connectivity index (χ1v) is 24.8. The van der Waals surface area contributed by atoms with Crippen LogP contribution in [0.3, 0.4) is 0 Å². The van der Waals surface area contributed by atoms with Gasteiger partial charge in [-0.2, -0.15) is 0 Å². The molecule has 16 heteroatoms. The maximum atomic E-state index is 14.2. The van der Waals surface area contributed by atoms with Crippen molar-refractivity contribution >= 4 is 17.7 Å². The van der Waals surface area contributed by atoms with Crippen LogP contribution in [0.2, 0.25) is 0 Å². The van der Waals surface area contributed by atoms with Gasteiger partial charge in [0.2, 0.25) is 0 Å². The van der Waals surface area contributed by atoms with Gasteiger partial charge in [0.25, 0.3) is 0 Å². The van der Waals surface area contributed by atoms with Crippen LogP contribution in [0.4, 0.5) is 0 Å². The fourth-order valence-electron chi connectivity index (χ4n) is 10.1. The van der Waals surface area contributed by atoms with Crippen LogP contribution in [0.5, 0.6) is 0 Å². The number of rotatable bonds is 27. The lowest BCUT2D eigenvalue weighted by Crippen LogP contribution is -2.59. The summed E-state index contributed by atoms with van der Waals surface area (Å²) < 4.78 is 51.5. The van der Waals surface area contributed by atoms with Gasteiger partial charge in [0.1, 0.15) is 6.10 Å². The van der Waals surface area contributed by atoms with E-state index in [9.17, 15) is 24.6 Å². The van der Waals surface area contributed by atoms with E-state index in [0.717, 1.165) is 32.5 Å². The second-order valence-corrected chi connectivity index (χ2v) is 20.3. The molecule has 0 spiro atoms. The van der Waals surface area contributed by atoms with Crippen LogP contribution >= 0.6 is 0 Å². The molecular formula is C51H87N3O13. The molecule has 0 amide bonds. The van der Waals surface area contributed by atoms with Gasteiger partial charge in [0.05, 0.1) is 59.7 Å². The number of hydrogen-bond acceptors (Lipinski definition) is 16. The predicted octanol–water partition coefficient (Wildman–Crippen LogP) is 5.49. The first-order chi connectivity index (χ1) is 31.7. The Hall–Kier alpha value is -2.61. The Morgan fingerprint density at radius 3 is 2.28 bits per heavy atom. The second-order valence-electron chi connectivity index (χ2n) is 20.3. The highest BCUT2D eigenvalue weighted by molar-refractivity contribution is 5.89. The topological polar surface area (TPSA) is 175 Å². The molecule has 16 nitrogen and oxygen atoms in total. The van der Waals surface area contributed by atoms with Gasteiger partial charge in [-0.05, 0) is 145 Å². The van der Waals surface area contributed by atoms with Crippen molar-refractivity contribution in [2.24, 2.45) is 11.8 Å². The third-order valence-electron chi connectivity index (χ3n) is 14.6. The summed E-state index contributed by atoms with van der Waals surface area (Å²) in [5, 5.41) is 21.6. The van der Waals surface area contributed by atoms with Gasteiger partial charge in [-0.25, -0.2) is 4.79 Å². The van der Waals surface area contributed by atoms with Gasteiger partial charge < -0.3 is 62.8 Å². The zero-order valence-corrected chi connectivity index (χ0v) is 43.0. The molecule has 1 aromatic carbocycles. The summed E-state index contributed by atoms with van der Waals surface area (Å²) in [6, 6.07) is 8.48. The van der Waals surface area contributed by atoms with Crippen molar-refractivity contribution in [1.82, 2.24) is 14.7 Å². The number of carbonyl (C=O) groups is 3. The number of esters is 2. The zero-order chi connectivity index (χ0) is 49.6. The number of ether oxygens (including phenoxy) is 8. The Balaban J connectivity index is 1.75. The van der Waals surface area contributed by atoms with Crippen molar-refractivity contribution in [3.05, 3.63) is 35.9 Å². The third kappa shape index (κ3) is 15.9. The van der Waals surface area contributed by atoms with Crippen LogP contribution in [-0.2, 0) is 47.5 Å². The van der Waals surface area contributed by atoms with Crippen LogP contribution in [0.15, 0.2) is 30.3 Å². The maximum Gasteiger partial charge on any atom is 0.338 e. The minimum absolute atomic E-state index is 0.00942. The number of methoxy groups -OCH3 is 2. The highest BCUT2D eigenvalue weighted by Crippen LogP contribution is 2.39. The summed E-state index contributed by atoms with van der Waals surface area (Å²) in [5.41, 5.74) is -1.72. The maximum absolute atomic E-state index is 14.2. The minimum Gasteiger partial charge on any atom is -0.454 e. The van der Waals surface area contributed by atoms with Crippen LogP contribution < -0.4 is 0 Å². The molecule has 3 aliphatic rings. The summed E-state index contributed by atoms with van der Waals surface area (Å²) in [6.07, 6.45) is -1.74. The number of likely N-dealkylation sites (tertiary alicyclic amines) is 1. The van der Waals surface area contributed by atoms with E-state index in [1.54, 1.807) is 59.1 Å². The average Bonchev–Trinajstić information content (AvgIpc) is 3.82. The van der Waals surface area contributed by atoms with E-state index in [-0.39, 0.29) is 49.3 Å². The summed E-state index contributed by atoms with van der Waals surface area (Å²) >= 11 is 0. The summed E-state index contributed by atoms with van der Waals surface area (Å²) in [5.74, 6) is -2.38. The fraction of sp³-hybridized carbons (Fsp3) is 0.824. The summed E-state index contributed by atoms with van der Waals surface area (Å²) in [4.78, 5) is 47.2. The number of likely N-dealkylation sites (N-methyl/N-ethyl adjacent to an activating group) is 2. The van der Waals surface area contributed by atoms with Gasteiger partial charge in [0, 0.05) is 39.6 Å². The normalized spacial score (nSPS) is 29.7. The molecule has 1 aromatic rings. The first kappa shape index (κ1) is 57.0. The quantitative estimate of drug-likeness (QED) is 0.106. The van der Waals surface area contributed by atoms with E-state index in [2.05, 4.69) is 16.7 Å². The number of Topliss-reactive ketones (excluding diaryl/α,β-unsaturated/α-hetero) is 1. The van der Waals surface area contributed by atoms with Gasteiger partial charge in [-0.15, -0.1) is 0 Å². The SMILES string of the molecule is CC[C@@H](OC(=O)[C@H](C)[C@H](C[C@@H](OC1O[C@H](C)C[C@H](N(C)C)[C@H]1OC(=O)c1ccccc1)[C@@](C)(C[C@@H](C)CN(C)[C@@H](CO)CCCN1CCCC1)OC)O[C@H]1C[C@@](C)(OC)[C@@H](O)[C@H](C)O1)C(C)=O. The van der Waals surface area contributed by atoms with E-state index in [0.29, 0.717) is 31.4 Å². The van der Waals surface area contributed by atoms with Crippen LogP contribution in [0, 0.1) is 11.8 Å². The minimum atomic E-state index is -1.08. The fourth-order valence-corrected chi connectivity index (χ4v) is 10.1. The Morgan fingerprint density at radius 2 is 1.70 bits per heavy atom. The molecular weight excluding hydrogens is 863 g/mol. The standard InChI is InChI=1S/C51H87N3O13/c1-14-41(36(5)56)65-47(58)35(4)42(64-44-30-51(8,61-13)46(57)37(6)63-44)28-43(50(7,60-12)29-33(2)31-53(11)39(32-55)23-20-26-54-24-18-19-25-54)66-49-45(40(52(9)10)27-34(3)62-49)67-48(59)38-21-16-15-17-22-38/h15-17,21-22,33-35,37,39-46,49,55,57H,14,18-20,23-32H2,1-13H3/t33-,34-,35-,37+,39-,40+,41-,42+,43-,44+,45-,46+,49?,50-,51-/m1/s1. The highest BCUT2D eigenvalue weighted by Gasteiger charge is 2.50. The molecule has 67 heavy (non-hydrogen) atoms. The van der Waals surface area contributed by atoms with Crippen LogP contribution in [-0.4, -0.2) is 189 Å². The first-order valence-electron chi connectivity index (χ1n) is 24.8. The van der Waals surface area contributed by atoms with Gasteiger partial charge in [-0.1, -0.05) is 32.0 Å². The van der Waals surface area contributed by atoms with Crippen molar-refractivity contribution in [3.63, 3.8) is 0 Å². The van der Waals surface area contributed by atoms with Crippen LogP contribution in [0.1, 0.15) is 124 Å². The lowest BCUT2D eigenvalue weighted by atomic mass is 9.83. The molecule has 3 saturated heterocycles. The Kier molecular flexibility index (Phi) is 22.6. The van der Waals surface area contributed by atoms with Crippen molar-refractivity contribution in [1.29, 1.82) is 0 Å². The number of aliphatic hydroxyl groups is 2. The number of hydrogen-bond donors (Lipinski definition) is 2. The highest BCUT2D eigenvalue weighted by atomic mass is 16.7. The smallest absolute Gasteiger partial charge is 0.338 e. The van der Waals surface area contributed by atoms with Gasteiger partial charge in [0.15, 0.2) is 30.6 Å². The number of ketones is 1. The van der Waals surface area contributed by atoms with E-state index < -0.39 is 78.3 Å². The van der Waals surface area contributed by atoms with Crippen molar-refractivity contribution < 1.29 is 62.5 Å². The third-order valence-corrected chi connectivity index (χ3v) is 14.6. The largest absolute Gasteiger partial charge is 0.454 e. The molecule has 0 aliphatic carbocycles. The molecule has 0 aromatic heterocycles. The second kappa shape index (κ2) is 26.6. The predicted molar refractivity (Wildman–Crippen MR) is 254 cm³/mol. The molecule has 3 aliphatic heterocycles. The van der Waals surface area contributed by atoms with Crippen molar-refractivity contribution in [2.45, 2.75) is 192 Å². The molecule has 0 bridgehead atoms. The van der Waals surface area contributed by atoms with Crippen molar-refractivity contribution in [2.75, 3.05) is 68.1 Å². The number of benzene rings is 1. The lowest BCUT2D eigenvalue weighted by molar-refractivity contribution is -0.308. The Bertz CT molecular complexity index is 1650. The molecule has 15 atom stereocenters. The molecule has 1 unspecified atom stereocenters. The number of carbonyl (C=O) groups excluding carboxylic acids is 3. The molecule has 3 heterocycles. The molecule has 0 radical (unpaired) electrons.